The first-order valence-corrected chi connectivity index (χ1v) is 8.00. The number of aromatic nitrogens is 2. The average Bonchev–Trinajstić information content (AvgIpc) is 3.33. The van der Waals surface area contributed by atoms with E-state index in [4.69, 9.17) is 4.42 Å². The van der Waals surface area contributed by atoms with Crippen LogP contribution in [0.4, 0.5) is 5.82 Å². The molecule has 0 saturated carbocycles. The first kappa shape index (κ1) is 14.5. The summed E-state index contributed by atoms with van der Waals surface area (Å²) >= 11 is 0. The molecule has 1 N–H and O–H groups in total. The van der Waals surface area contributed by atoms with Gasteiger partial charge in [-0.3, -0.25) is 4.79 Å². The van der Waals surface area contributed by atoms with Crippen molar-refractivity contribution in [3.63, 3.8) is 0 Å². The van der Waals surface area contributed by atoms with Crippen LogP contribution in [0.15, 0.2) is 59.2 Å². The third-order valence-corrected chi connectivity index (χ3v) is 4.09. The molecule has 1 aromatic carbocycles. The number of fused-ring (bicyclic) bond motifs is 1. The second-order valence-corrected chi connectivity index (χ2v) is 5.71. The van der Waals surface area contributed by atoms with Gasteiger partial charge in [0.15, 0.2) is 0 Å². The number of amides is 1. The van der Waals surface area contributed by atoms with Crippen molar-refractivity contribution in [3.05, 3.63) is 71.8 Å². The summed E-state index contributed by atoms with van der Waals surface area (Å²) in [4.78, 5) is 12.3. The Bertz CT molecular complexity index is 877. The molecule has 3 aromatic rings. The predicted octanol–water partition coefficient (Wildman–Crippen LogP) is 3.61. The molecular formula is C19H17N3O2. The van der Waals surface area contributed by atoms with Crippen molar-refractivity contribution >= 4 is 17.8 Å². The highest BCUT2D eigenvalue weighted by atomic mass is 16.3. The second kappa shape index (κ2) is 6.20. The molecule has 2 aromatic heterocycles. The summed E-state index contributed by atoms with van der Waals surface area (Å²) in [7, 11) is 0. The van der Waals surface area contributed by atoms with Crippen LogP contribution < -0.4 is 5.32 Å². The molecule has 1 aliphatic carbocycles. The molecule has 0 saturated heterocycles. The van der Waals surface area contributed by atoms with Gasteiger partial charge in [-0.05, 0) is 49.6 Å². The molecule has 0 radical (unpaired) electrons. The number of anilines is 1. The number of furan rings is 1. The number of rotatable bonds is 4. The van der Waals surface area contributed by atoms with E-state index in [9.17, 15) is 4.79 Å². The highest BCUT2D eigenvalue weighted by Gasteiger charge is 2.23. The summed E-state index contributed by atoms with van der Waals surface area (Å²) < 4.78 is 7.02. The number of carbonyl (C=O) groups excluding carboxylic acids is 1. The molecule has 1 aliphatic rings. The maximum Gasteiger partial charge on any atom is 0.249 e. The van der Waals surface area contributed by atoms with Crippen molar-refractivity contribution in [2.45, 2.75) is 19.3 Å². The third-order valence-electron chi connectivity index (χ3n) is 4.09. The van der Waals surface area contributed by atoms with Crippen LogP contribution in [0.3, 0.4) is 0 Å². The predicted molar refractivity (Wildman–Crippen MR) is 92.0 cm³/mol. The van der Waals surface area contributed by atoms with E-state index in [0.717, 1.165) is 42.0 Å². The van der Waals surface area contributed by atoms with Crippen molar-refractivity contribution in [2.24, 2.45) is 0 Å². The molecule has 120 valence electrons. The fourth-order valence-corrected chi connectivity index (χ4v) is 2.98. The lowest BCUT2D eigenvalue weighted by Gasteiger charge is -2.09. The van der Waals surface area contributed by atoms with E-state index in [1.165, 1.54) is 6.08 Å². The highest BCUT2D eigenvalue weighted by Crippen LogP contribution is 2.30. The van der Waals surface area contributed by atoms with Gasteiger partial charge in [0.25, 0.3) is 0 Å². The number of aryl methyl sites for hydroxylation is 1. The molecule has 5 heteroatoms. The maximum absolute atomic E-state index is 12.3. The molecule has 0 spiro atoms. The van der Waals surface area contributed by atoms with Crippen LogP contribution in [0.5, 0.6) is 0 Å². The summed E-state index contributed by atoms with van der Waals surface area (Å²) in [6.45, 7) is 0. The zero-order valence-corrected chi connectivity index (χ0v) is 13.1. The van der Waals surface area contributed by atoms with Gasteiger partial charge in [0, 0.05) is 11.6 Å². The number of hydrogen-bond acceptors (Lipinski definition) is 3. The van der Waals surface area contributed by atoms with Gasteiger partial charge < -0.3 is 9.73 Å². The topological polar surface area (TPSA) is 60.1 Å². The van der Waals surface area contributed by atoms with Gasteiger partial charge in [0.05, 0.1) is 17.6 Å². The molecule has 0 bridgehead atoms. The first-order valence-electron chi connectivity index (χ1n) is 8.00. The molecule has 0 unspecified atom stereocenters. The van der Waals surface area contributed by atoms with Gasteiger partial charge in [-0.15, -0.1) is 0 Å². The minimum atomic E-state index is -0.196. The molecule has 0 atom stereocenters. The fraction of sp³-hybridized carbons (Fsp3) is 0.158. The van der Waals surface area contributed by atoms with Crippen molar-refractivity contribution in [2.75, 3.05) is 5.32 Å². The highest BCUT2D eigenvalue weighted by molar-refractivity contribution is 6.02. The molecule has 2 heterocycles. The van der Waals surface area contributed by atoms with Crippen LogP contribution in [-0.4, -0.2) is 15.7 Å². The number of nitrogens with zero attached hydrogens (tertiary/aromatic N) is 2. The third kappa shape index (κ3) is 2.76. The summed E-state index contributed by atoms with van der Waals surface area (Å²) in [5, 5.41) is 7.67. The van der Waals surface area contributed by atoms with E-state index in [1.54, 1.807) is 24.5 Å². The Hall–Kier alpha value is -3.08. The van der Waals surface area contributed by atoms with Crippen LogP contribution >= 0.6 is 0 Å². The van der Waals surface area contributed by atoms with E-state index in [1.807, 2.05) is 35.0 Å². The Morgan fingerprint density at radius 3 is 2.83 bits per heavy atom. The summed E-state index contributed by atoms with van der Waals surface area (Å²) in [6.07, 6.45) is 7.69. The standard InChI is InChI=1S/C19H17N3O2/c23-18(12-11-15-8-5-13-24-15)20-19-16-9-4-10-17(16)21-22(19)14-6-2-1-3-7-14/h1-3,5-8,11-13H,4,9-10H2,(H,20,23)/b12-11+. The zero-order chi connectivity index (χ0) is 16.4. The maximum atomic E-state index is 12.3. The van der Waals surface area contributed by atoms with Crippen molar-refractivity contribution in [1.29, 1.82) is 0 Å². The van der Waals surface area contributed by atoms with E-state index in [2.05, 4.69) is 10.4 Å². The van der Waals surface area contributed by atoms with Crippen LogP contribution in [0.1, 0.15) is 23.4 Å². The zero-order valence-electron chi connectivity index (χ0n) is 13.1. The van der Waals surface area contributed by atoms with Gasteiger partial charge in [0.1, 0.15) is 11.6 Å². The van der Waals surface area contributed by atoms with Gasteiger partial charge in [-0.1, -0.05) is 18.2 Å². The monoisotopic (exact) mass is 319 g/mol. The number of hydrogen-bond donors (Lipinski definition) is 1. The van der Waals surface area contributed by atoms with Gasteiger partial charge >= 0.3 is 0 Å². The van der Waals surface area contributed by atoms with Crippen LogP contribution in [0.25, 0.3) is 11.8 Å². The van der Waals surface area contributed by atoms with Crippen molar-refractivity contribution < 1.29 is 9.21 Å². The molecule has 4 rings (SSSR count). The molecule has 1 amide bonds. The van der Waals surface area contributed by atoms with Gasteiger partial charge in [-0.2, -0.15) is 5.10 Å². The minimum absolute atomic E-state index is 0.196. The van der Waals surface area contributed by atoms with E-state index in [-0.39, 0.29) is 5.91 Å². The second-order valence-electron chi connectivity index (χ2n) is 5.71. The molecule has 0 fully saturated rings. The number of carbonyl (C=O) groups is 1. The van der Waals surface area contributed by atoms with Crippen molar-refractivity contribution in [1.82, 2.24) is 9.78 Å². The number of nitrogens with one attached hydrogen (secondary N) is 1. The Balaban J connectivity index is 1.63. The number of para-hydroxylation sites is 1. The Morgan fingerprint density at radius 2 is 2.04 bits per heavy atom. The Kier molecular flexibility index (Phi) is 3.75. The SMILES string of the molecule is O=C(/C=C/c1ccco1)Nc1c2c(nn1-c1ccccc1)CCC2. The normalized spacial score (nSPS) is 13.3. The van der Waals surface area contributed by atoms with Gasteiger partial charge in [-0.25, -0.2) is 4.68 Å². The van der Waals surface area contributed by atoms with Crippen LogP contribution in [0, 0.1) is 0 Å². The quantitative estimate of drug-likeness (QED) is 0.747. The largest absolute Gasteiger partial charge is 0.465 e. The lowest BCUT2D eigenvalue weighted by atomic mass is 10.2. The summed E-state index contributed by atoms with van der Waals surface area (Å²) in [6, 6.07) is 13.4. The van der Waals surface area contributed by atoms with Gasteiger partial charge in [0.2, 0.25) is 5.91 Å². The van der Waals surface area contributed by atoms with Crippen LogP contribution in [-0.2, 0) is 17.6 Å². The molecule has 0 aliphatic heterocycles. The minimum Gasteiger partial charge on any atom is -0.465 e. The van der Waals surface area contributed by atoms with E-state index >= 15 is 0 Å². The lowest BCUT2D eigenvalue weighted by Crippen LogP contribution is -2.13. The average molecular weight is 319 g/mol. The van der Waals surface area contributed by atoms with Crippen LogP contribution in [0.2, 0.25) is 0 Å². The van der Waals surface area contributed by atoms with E-state index in [0.29, 0.717) is 5.76 Å². The Labute approximate surface area is 139 Å². The smallest absolute Gasteiger partial charge is 0.249 e. The van der Waals surface area contributed by atoms with E-state index < -0.39 is 0 Å². The molecule has 5 nitrogen and oxygen atoms in total. The summed E-state index contributed by atoms with van der Waals surface area (Å²) in [5.41, 5.74) is 3.15. The Morgan fingerprint density at radius 1 is 1.17 bits per heavy atom. The molecule has 24 heavy (non-hydrogen) atoms. The fourth-order valence-electron chi connectivity index (χ4n) is 2.98. The van der Waals surface area contributed by atoms with Crippen molar-refractivity contribution in [3.8, 4) is 5.69 Å². The molecular weight excluding hydrogens is 302 g/mol. The first-order chi connectivity index (χ1) is 11.8. The number of benzene rings is 1. The summed E-state index contributed by atoms with van der Waals surface area (Å²) in [5.74, 6) is 1.22. The lowest BCUT2D eigenvalue weighted by molar-refractivity contribution is -0.111.